The van der Waals surface area contributed by atoms with Gasteiger partial charge in [0.1, 0.15) is 5.69 Å². The molecule has 1 fully saturated rings. The van der Waals surface area contributed by atoms with Gasteiger partial charge in [0.05, 0.1) is 24.7 Å². The fraction of sp³-hybridized carbons (Fsp3) is 0.438. The molecule has 0 saturated carbocycles. The molecule has 130 valence electrons. The molecule has 1 aromatic carbocycles. The van der Waals surface area contributed by atoms with E-state index in [4.69, 9.17) is 0 Å². The number of anilines is 1. The number of rotatable bonds is 5. The van der Waals surface area contributed by atoms with E-state index in [1.165, 1.54) is 25.3 Å². The van der Waals surface area contributed by atoms with Crippen LogP contribution in [0, 0.1) is 10.1 Å². The summed E-state index contributed by atoms with van der Waals surface area (Å²) in [6.07, 6.45) is 2.69. The Kier molecular flexibility index (Phi) is 5.88. The molecular weight excluding hydrogens is 314 g/mol. The Hall–Kier alpha value is -2.45. The van der Waals surface area contributed by atoms with E-state index in [0.29, 0.717) is 30.9 Å². The average molecular weight is 335 g/mol. The average Bonchev–Trinajstić information content (AvgIpc) is 2.59. The topological polar surface area (TPSA) is 96.2 Å². The number of hydrogen-bond acceptors (Lipinski definition) is 7. The van der Waals surface area contributed by atoms with E-state index in [2.05, 4.69) is 4.74 Å². The third-order valence-electron chi connectivity index (χ3n) is 4.14. The first kappa shape index (κ1) is 17.9. The van der Waals surface area contributed by atoms with E-state index < -0.39 is 10.9 Å². The first-order valence-electron chi connectivity index (χ1n) is 7.56. The largest absolute Gasteiger partial charge is 0.466 e. The van der Waals surface area contributed by atoms with Gasteiger partial charge in [-0.2, -0.15) is 0 Å². The molecule has 0 aromatic heterocycles. The number of aliphatic hydroxyl groups is 1. The van der Waals surface area contributed by atoms with Crippen LogP contribution >= 0.6 is 0 Å². The molecule has 8 nitrogen and oxygen atoms in total. The molecule has 2 rings (SSSR count). The maximum Gasteiger partial charge on any atom is 0.330 e. The molecule has 1 heterocycles. The molecule has 0 amide bonds. The SMILES string of the molecule is COC(=O)/C=C/c1ccc(N2CCN(C)[C@H](CO)C2)c([N+](=O)[O-])c1. The van der Waals surface area contributed by atoms with Crippen LogP contribution in [0.25, 0.3) is 6.08 Å². The lowest BCUT2D eigenvalue weighted by Crippen LogP contribution is -2.53. The fourth-order valence-corrected chi connectivity index (χ4v) is 2.65. The van der Waals surface area contributed by atoms with Crippen molar-refractivity contribution in [3.05, 3.63) is 40.0 Å². The molecule has 1 atom stereocenters. The Morgan fingerprint density at radius 3 is 2.88 bits per heavy atom. The number of aliphatic hydroxyl groups excluding tert-OH is 1. The van der Waals surface area contributed by atoms with Gasteiger partial charge in [-0.15, -0.1) is 0 Å². The lowest BCUT2D eigenvalue weighted by Gasteiger charge is -2.39. The van der Waals surface area contributed by atoms with Crippen LogP contribution in [0.5, 0.6) is 0 Å². The minimum Gasteiger partial charge on any atom is -0.466 e. The highest BCUT2D eigenvalue weighted by Crippen LogP contribution is 2.31. The number of nitrogens with zero attached hydrogens (tertiary/aromatic N) is 3. The van der Waals surface area contributed by atoms with Crippen LogP contribution < -0.4 is 4.90 Å². The van der Waals surface area contributed by atoms with Crippen LogP contribution in [0.2, 0.25) is 0 Å². The van der Waals surface area contributed by atoms with E-state index in [9.17, 15) is 20.0 Å². The van der Waals surface area contributed by atoms with Crippen LogP contribution in [0.15, 0.2) is 24.3 Å². The van der Waals surface area contributed by atoms with Gasteiger partial charge in [-0.25, -0.2) is 4.79 Å². The Morgan fingerprint density at radius 2 is 2.25 bits per heavy atom. The summed E-state index contributed by atoms with van der Waals surface area (Å²) in [6, 6.07) is 4.77. The molecule has 0 radical (unpaired) electrons. The van der Waals surface area contributed by atoms with Crippen molar-refractivity contribution < 1.29 is 19.6 Å². The summed E-state index contributed by atoms with van der Waals surface area (Å²) in [4.78, 5) is 26.1. The van der Waals surface area contributed by atoms with Gasteiger partial charge >= 0.3 is 5.97 Å². The third kappa shape index (κ3) is 4.09. The summed E-state index contributed by atoms with van der Waals surface area (Å²) in [5.74, 6) is -0.522. The number of esters is 1. The van der Waals surface area contributed by atoms with Gasteiger partial charge in [-0.3, -0.25) is 15.0 Å². The van der Waals surface area contributed by atoms with Gasteiger partial charge in [0.15, 0.2) is 0 Å². The summed E-state index contributed by atoms with van der Waals surface area (Å²) in [5, 5.41) is 20.9. The predicted octanol–water partition coefficient (Wildman–Crippen LogP) is 0.894. The molecular formula is C16H21N3O5. The number of carbonyl (C=O) groups is 1. The highest BCUT2D eigenvalue weighted by Gasteiger charge is 2.28. The van der Waals surface area contributed by atoms with Gasteiger partial charge in [-0.05, 0) is 24.8 Å². The number of ether oxygens (including phenoxy) is 1. The summed E-state index contributed by atoms with van der Waals surface area (Å²) in [7, 11) is 3.19. The Bertz CT molecular complexity index is 647. The van der Waals surface area contributed by atoms with Crippen molar-refractivity contribution in [1.82, 2.24) is 4.90 Å². The first-order chi connectivity index (χ1) is 11.5. The molecule has 0 spiro atoms. The van der Waals surface area contributed by atoms with Gasteiger partial charge in [0, 0.05) is 31.8 Å². The minimum atomic E-state index is -0.522. The summed E-state index contributed by atoms with van der Waals surface area (Å²) in [5.41, 5.74) is 1.04. The molecule has 24 heavy (non-hydrogen) atoms. The van der Waals surface area contributed by atoms with Crippen molar-refractivity contribution in [2.24, 2.45) is 0 Å². The maximum absolute atomic E-state index is 11.4. The molecule has 1 N–H and O–H groups in total. The third-order valence-corrected chi connectivity index (χ3v) is 4.14. The maximum atomic E-state index is 11.4. The van der Waals surface area contributed by atoms with Gasteiger partial charge in [-0.1, -0.05) is 6.07 Å². The number of carbonyl (C=O) groups excluding carboxylic acids is 1. The Morgan fingerprint density at radius 1 is 1.50 bits per heavy atom. The van der Waals surface area contributed by atoms with E-state index in [1.807, 2.05) is 16.8 Å². The second-order valence-electron chi connectivity index (χ2n) is 5.62. The monoisotopic (exact) mass is 335 g/mol. The van der Waals surface area contributed by atoms with E-state index in [1.54, 1.807) is 12.1 Å². The van der Waals surface area contributed by atoms with Crippen molar-refractivity contribution >= 4 is 23.4 Å². The van der Waals surface area contributed by atoms with Gasteiger partial charge in [0.25, 0.3) is 5.69 Å². The van der Waals surface area contributed by atoms with Gasteiger partial charge < -0.3 is 14.7 Å². The zero-order valence-electron chi connectivity index (χ0n) is 13.7. The predicted molar refractivity (Wildman–Crippen MR) is 89.9 cm³/mol. The zero-order chi connectivity index (χ0) is 17.7. The van der Waals surface area contributed by atoms with Crippen LogP contribution in [0.3, 0.4) is 0 Å². The number of likely N-dealkylation sites (N-methyl/N-ethyl adjacent to an activating group) is 1. The second-order valence-corrected chi connectivity index (χ2v) is 5.62. The van der Waals surface area contributed by atoms with Crippen molar-refractivity contribution in [1.29, 1.82) is 0 Å². The molecule has 1 aliphatic rings. The molecule has 8 heteroatoms. The second kappa shape index (κ2) is 7.89. The number of hydrogen-bond donors (Lipinski definition) is 1. The highest BCUT2D eigenvalue weighted by molar-refractivity contribution is 5.87. The van der Waals surface area contributed by atoms with Crippen LogP contribution in [0.4, 0.5) is 11.4 Å². The number of piperazine rings is 1. The molecule has 0 bridgehead atoms. The Balaban J connectivity index is 2.28. The lowest BCUT2D eigenvalue weighted by molar-refractivity contribution is -0.384. The van der Waals surface area contributed by atoms with E-state index in [-0.39, 0.29) is 18.3 Å². The molecule has 0 unspecified atom stereocenters. The minimum absolute atomic E-state index is 0.000742. The van der Waals surface area contributed by atoms with Crippen molar-refractivity contribution in [3.63, 3.8) is 0 Å². The molecule has 0 aliphatic carbocycles. The number of methoxy groups -OCH3 is 1. The zero-order valence-corrected chi connectivity index (χ0v) is 13.7. The molecule has 1 aromatic rings. The first-order valence-corrected chi connectivity index (χ1v) is 7.56. The van der Waals surface area contributed by atoms with Crippen LogP contribution in [-0.2, 0) is 9.53 Å². The quantitative estimate of drug-likeness (QED) is 0.369. The number of nitro groups is 1. The van der Waals surface area contributed by atoms with Crippen molar-refractivity contribution in [2.75, 3.05) is 45.3 Å². The molecule has 1 aliphatic heterocycles. The standard InChI is InChI=1S/C16H21N3O5/c1-17-7-8-18(10-13(17)11-20)14-5-3-12(4-6-16(21)24-2)9-15(14)19(22)23/h3-6,9,13,20H,7-8,10-11H2,1-2H3/b6-4+/t13-/m0/s1. The van der Waals surface area contributed by atoms with Crippen molar-refractivity contribution in [2.45, 2.75) is 6.04 Å². The summed E-state index contributed by atoms with van der Waals surface area (Å²) < 4.78 is 4.51. The van der Waals surface area contributed by atoms with E-state index >= 15 is 0 Å². The number of nitro benzene ring substituents is 1. The van der Waals surface area contributed by atoms with Crippen LogP contribution in [0.1, 0.15) is 5.56 Å². The smallest absolute Gasteiger partial charge is 0.330 e. The normalized spacial score (nSPS) is 18.8. The highest BCUT2D eigenvalue weighted by atomic mass is 16.6. The van der Waals surface area contributed by atoms with Crippen molar-refractivity contribution in [3.8, 4) is 0 Å². The van der Waals surface area contributed by atoms with E-state index in [0.717, 1.165) is 0 Å². The summed E-state index contributed by atoms with van der Waals surface area (Å²) in [6.45, 7) is 1.88. The fourth-order valence-electron chi connectivity index (χ4n) is 2.65. The van der Waals surface area contributed by atoms with Gasteiger partial charge in [0.2, 0.25) is 0 Å². The Labute approximate surface area is 140 Å². The van der Waals surface area contributed by atoms with Crippen LogP contribution in [-0.4, -0.2) is 67.3 Å². The molecule has 1 saturated heterocycles. The lowest BCUT2D eigenvalue weighted by atomic mass is 10.1. The number of benzene rings is 1. The summed E-state index contributed by atoms with van der Waals surface area (Å²) >= 11 is 0.